The second kappa shape index (κ2) is 12.8. The molecule has 0 saturated heterocycles. The molecule has 53 heavy (non-hydrogen) atoms. The van der Waals surface area contributed by atoms with Crippen molar-refractivity contribution in [1.82, 2.24) is 24.9 Å². The molecule has 3 aromatic heterocycles. The third kappa shape index (κ3) is 5.50. The number of para-hydroxylation sites is 2. The van der Waals surface area contributed by atoms with Crippen LogP contribution in [0, 0.1) is 0 Å². The number of nitrogens with zero attached hydrogens (tertiary/aromatic N) is 5. The average molecular weight is 680 g/mol. The predicted octanol–water partition coefficient (Wildman–Crippen LogP) is 11.7. The van der Waals surface area contributed by atoms with Gasteiger partial charge in [0.25, 0.3) is 0 Å². The fourth-order valence-corrected chi connectivity index (χ4v) is 7.03. The van der Waals surface area contributed by atoms with Crippen LogP contribution in [0.15, 0.2) is 180 Å². The summed E-state index contributed by atoms with van der Waals surface area (Å²) in [6.45, 7) is 0. The second-order valence-electron chi connectivity index (χ2n) is 12.9. The molecule has 0 bridgehead atoms. The van der Waals surface area contributed by atoms with E-state index in [4.69, 9.17) is 29.3 Å². The summed E-state index contributed by atoms with van der Waals surface area (Å²) in [6, 6.07) is 59.3. The van der Waals surface area contributed by atoms with E-state index in [1.165, 1.54) is 0 Å². The standard InChI is InChI=1S/C47H29N5O/c1-4-15-30(16-5-1)33-21-12-22-34(29-33)45-50-44(32-19-8-3-9-20-32)51-46(52-45)37-25-14-28-40-41(37)36-24-13-26-38(43(36)53-40)47-48-39-27-11-10-23-35(39)42(49-47)31-17-6-2-7-18-31/h1-29H. The summed E-state index contributed by atoms with van der Waals surface area (Å²) in [4.78, 5) is 25.4. The highest BCUT2D eigenvalue weighted by Gasteiger charge is 2.21. The van der Waals surface area contributed by atoms with Crippen molar-refractivity contribution in [2.45, 2.75) is 0 Å². The Morgan fingerprint density at radius 2 is 0.887 bits per heavy atom. The van der Waals surface area contributed by atoms with E-state index in [0.717, 1.165) is 71.9 Å². The van der Waals surface area contributed by atoms with Gasteiger partial charge in [0.1, 0.15) is 11.2 Å². The van der Waals surface area contributed by atoms with Crippen molar-refractivity contribution < 1.29 is 4.42 Å². The molecule has 10 rings (SSSR count). The predicted molar refractivity (Wildman–Crippen MR) is 213 cm³/mol. The Hall–Kier alpha value is -7.31. The normalized spacial score (nSPS) is 11.4. The molecule has 0 saturated carbocycles. The third-order valence-electron chi connectivity index (χ3n) is 9.55. The van der Waals surface area contributed by atoms with Gasteiger partial charge in [-0.05, 0) is 35.4 Å². The fraction of sp³-hybridized carbons (Fsp3) is 0. The highest BCUT2D eigenvalue weighted by Crippen LogP contribution is 2.40. The molecule has 248 valence electrons. The molecule has 0 amide bonds. The molecule has 10 aromatic rings. The van der Waals surface area contributed by atoms with E-state index in [1.54, 1.807) is 0 Å². The van der Waals surface area contributed by atoms with E-state index >= 15 is 0 Å². The summed E-state index contributed by atoms with van der Waals surface area (Å²) in [5.41, 5.74) is 9.90. The van der Waals surface area contributed by atoms with E-state index < -0.39 is 0 Å². The van der Waals surface area contributed by atoms with E-state index in [-0.39, 0.29) is 0 Å². The first kappa shape index (κ1) is 30.5. The minimum atomic E-state index is 0.561. The Morgan fingerprint density at radius 1 is 0.340 bits per heavy atom. The van der Waals surface area contributed by atoms with Crippen LogP contribution in [0.5, 0.6) is 0 Å². The minimum absolute atomic E-state index is 0.561. The Kier molecular flexibility index (Phi) is 7.36. The van der Waals surface area contributed by atoms with Gasteiger partial charge >= 0.3 is 0 Å². The van der Waals surface area contributed by atoms with Gasteiger partial charge in [0.2, 0.25) is 0 Å². The van der Waals surface area contributed by atoms with Crippen LogP contribution in [0.25, 0.3) is 101 Å². The topological polar surface area (TPSA) is 77.6 Å². The molecule has 0 aliphatic heterocycles. The van der Waals surface area contributed by atoms with Crippen LogP contribution in [-0.2, 0) is 0 Å². The number of hydrogen-bond acceptors (Lipinski definition) is 6. The van der Waals surface area contributed by atoms with Gasteiger partial charge in [-0.25, -0.2) is 24.9 Å². The maximum Gasteiger partial charge on any atom is 0.164 e. The van der Waals surface area contributed by atoms with Gasteiger partial charge in [0, 0.05) is 38.4 Å². The van der Waals surface area contributed by atoms with Gasteiger partial charge in [0.05, 0.1) is 16.8 Å². The average Bonchev–Trinajstić information content (AvgIpc) is 3.63. The highest BCUT2D eigenvalue weighted by atomic mass is 16.3. The molecular formula is C47H29N5O. The van der Waals surface area contributed by atoms with Gasteiger partial charge < -0.3 is 4.42 Å². The highest BCUT2D eigenvalue weighted by molar-refractivity contribution is 6.14. The maximum absolute atomic E-state index is 6.70. The molecule has 6 heteroatoms. The summed E-state index contributed by atoms with van der Waals surface area (Å²) in [5.74, 6) is 2.35. The first-order valence-corrected chi connectivity index (χ1v) is 17.5. The molecular weight excluding hydrogens is 651 g/mol. The number of benzene rings is 7. The molecule has 0 unspecified atom stereocenters. The largest absolute Gasteiger partial charge is 0.455 e. The molecule has 0 spiro atoms. The monoisotopic (exact) mass is 679 g/mol. The summed E-state index contributed by atoms with van der Waals surface area (Å²) in [7, 11) is 0. The number of aromatic nitrogens is 5. The third-order valence-corrected chi connectivity index (χ3v) is 9.55. The SMILES string of the molecule is c1ccc(-c2cccc(-c3nc(-c4ccccc4)nc(-c4cccc5oc6c(-c7nc(-c8ccccc8)c8ccccc8n7)cccc6c45)n3)c2)cc1. The lowest BCUT2D eigenvalue weighted by atomic mass is 10.0. The van der Waals surface area contributed by atoms with E-state index in [2.05, 4.69) is 54.6 Å². The van der Waals surface area contributed by atoms with Crippen molar-refractivity contribution in [2.75, 3.05) is 0 Å². The van der Waals surface area contributed by atoms with Gasteiger partial charge in [-0.2, -0.15) is 0 Å². The lowest BCUT2D eigenvalue weighted by Gasteiger charge is -2.10. The lowest BCUT2D eigenvalue weighted by Crippen LogP contribution is -2.00. The van der Waals surface area contributed by atoms with E-state index in [9.17, 15) is 0 Å². The number of furan rings is 1. The van der Waals surface area contributed by atoms with Crippen LogP contribution < -0.4 is 0 Å². The summed E-state index contributed by atoms with van der Waals surface area (Å²) in [5, 5.41) is 2.85. The van der Waals surface area contributed by atoms with Crippen molar-refractivity contribution in [3.8, 4) is 67.9 Å². The van der Waals surface area contributed by atoms with Crippen LogP contribution >= 0.6 is 0 Å². The first-order chi connectivity index (χ1) is 26.3. The van der Waals surface area contributed by atoms with Gasteiger partial charge in [-0.15, -0.1) is 0 Å². The minimum Gasteiger partial charge on any atom is -0.455 e. The zero-order valence-corrected chi connectivity index (χ0v) is 28.4. The maximum atomic E-state index is 6.70. The van der Waals surface area contributed by atoms with Crippen LogP contribution in [-0.4, -0.2) is 24.9 Å². The summed E-state index contributed by atoms with van der Waals surface area (Å²) < 4.78 is 6.70. The zero-order valence-electron chi connectivity index (χ0n) is 28.4. The summed E-state index contributed by atoms with van der Waals surface area (Å²) >= 11 is 0. The van der Waals surface area contributed by atoms with Crippen molar-refractivity contribution in [3.05, 3.63) is 176 Å². The summed E-state index contributed by atoms with van der Waals surface area (Å²) in [6.07, 6.45) is 0. The first-order valence-electron chi connectivity index (χ1n) is 17.5. The van der Waals surface area contributed by atoms with Gasteiger partial charge in [-0.1, -0.05) is 152 Å². The van der Waals surface area contributed by atoms with Crippen molar-refractivity contribution in [3.63, 3.8) is 0 Å². The van der Waals surface area contributed by atoms with Crippen LogP contribution in [0.3, 0.4) is 0 Å². The van der Waals surface area contributed by atoms with Crippen LogP contribution in [0.4, 0.5) is 0 Å². The van der Waals surface area contributed by atoms with E-state index in [1.807, 2.05) is 121 Å². The van der Waals surface area contributed by atoms with Crippen molar-refractivity contribution in [1.29, 1.82) is 0 Å². The van der Waals surface area contributed by atoms with Crippen molar-refractivity contribution >= 4 is 32.8 Å². The van der Waals surface area contributed by atoms with Gasteiger partial charge in [0.15, 0.2) is 23.3 Å². The van der Waals surface area contributed by atoms with Gasteiger partial charge in [-0.3, -0.25) is 0 Å². The molecule has 7 aromatic carbocycles. The fourth-order valence-electron chi connectivity index (χ4n) is 7.03. The molecule has 0 atom stereocenters. The lowest BCUT2D eigenvalue weighted by molar-refractivity contribution is 0.669. The molecule has 0 aliphatic carbocycles. The van der Waals surface area contributed by atoms with Crippen molar-refractivity contribution in [2.24, 2.45) is 0 Å². The number of hydrogen-bond donors (Lipinski definition) is 0. The van der Waals surface area contributed by atoms with E-state index in [0.29, 0.717) is 28.9 Å². The second-order valence-corrected chi connectivity index (χ2v) is 12.9. The quantitative estimate of drug-likeness (QED) is 0.174. The molecule has 0 radical (unpaired) electrons. The molecule has 0 aliphatic rings. The Bertz CT molecular complexity index is 2940. The number of fused-ring (bicyclic) bond motifs is 4. The number of rotatable bonds is 6. The van der Waals surface area contributed by atoms with Crippen LogP contribution in [0.2, 0.25) is 0 Å². The van der Waals surface area contributed by atoms with Crippen LogP contribution in [0.1, 0.15) is 0 Å². The Labute approximate surface area is 305 Å². The molecule has 0 N–H and O–H groups in total. The Balaban J connectivity index is 1.17. The molecule has 6 nitrogen and oxygen atoms in total. The molecule has 3 heterocycles. The Morgan fingerprint density at radius 3 is 1.68 bits per heavy atom. The zero-order chi connectivity index (χ0) is 35.1. The molecule has 0 fully saturated rings. The smallest absolute Gasteiger partial charge is 0.164 e.